The SMILES string of the molecule is CCCCn1c(C(=O)Nc2ccc(C(F)(F)F)cc2)cc2cc(NC(=O)c3cc(CNC(=O)C(C)C)ccc3Cl)ccc21. The van der Waals surface area contributed by atoms with Gasteiger partial charge in [-0.05, 0) is 72.6 Å². The van der Waals surface area contributed by atoms with Crippen LogP contribution in [0.2, 0.25) is 5.02 Å². The van der Waals surface area contributed by atoms with E-state index in [1.165, 1.54) is 12.1 Å². The summed E-state index contributed by atoms with van der Waals surface area (Å²) in [7, 11) is 0. The van der Waals surface area contributed by atoms with E-state index in [4.69, 9.17) is 11.6 Å². The number of benzene rings is 3. The van der Waals surface area contributed by atoms with Crippen molar-refractivity contribution in [2.45, 2.75) is 52.9 Å². The van der Waals surface area contributed by atoms with Crippen LogP contribution in [0.1, 0.15) is 65.6 Å². The third kappa shape index (κ3) is 7.75. The zero-order chi connectivity index (χ0) is 31.3. The normalized spacial score (nSPS) is 11.5. The molecule has 226 valence electrons. The van der Waals surface area contributed by atoms with Crippen LogP contribution in [0, 0.1) is 5.92 Å². The highest BCUT2D eigenvalue weighted by molar-refractivity contribution is 6.34. The number of fused-ring (bicyclic) bond motifs is 1. The number of amides is 3. The van der Waals surface area contributed by atoms with Gasteiger partial charge in [-0.15, -0.1) is 0 Å². The molecular weight excluding hydrogens is 581 g/mol. The number of anilines is 2. The minimum atomic E-state index is -4.47. The number of nitrogens with one attached hydrogen (secondary N) is 3. The Hall–Kier alpha value is -4.31. The number of nitrogens with zero attached hydrogens (tertiary/aromatic N) is 1. The standard InChI is InChI=1S/C32H32ClF3N4O3/c1-4-5-14-40-27-13-11-24(39-30(42)25-15-20(6-12-26(25)33)18-37-29(41)19(2)3)16-21(27)17-28(40)31(43)38-23-9-7-22(8-10-23)32(34,35)36/h6-13,15-17,19H,4-5,14,18H2,1-3H3,(H,37,41)(H,38,43)(H,39,42). The summed E-state index contributed by atoms with van der Waals surface area (Å²) in [4.78, 5) is 38.3. The van der Waals surface area contributed by atoms with Crippen molar-refractivity contribution in [3.8, 4) is 0 Å². The third-order valence-electron chi connectivity index (χ3n) is 6.86. The summed E-state index contributed by atoms with van der Waals surface area (Å²) >= 11 is 6.32. The first-order chi connectivity index (χ1) is 20.4. The molecule has 0 radical (unpaired) electrons. The molecule has 0 aliphatic heterocycles. The Balaban J connectivity index is 1.56. The van der Waals surface area contributed by atoms with Crippen LogP contribution >= 0.6 is 11.6 Å². The van der Waals surface area contributed by atoms with Crippen molar-refractivity contribution in [2.75, 3.05) is 10.6 Å². The molecule has 1 heterocycles. The van der Waals surface area contributed by atoms with E-state index in [-0.39, 0.29) is 34.6 Å². The van der Waals surface area contributed by atoms with Gasteiger partial charge in [0.1, 0.15) is 5.69 Å². The lowest BCUT2D eigenvalue weighted by Crippen LogP contribution is -2.27. The maximum absolute atomic E-state index is 13.2. The van der Waals surface area contributed by atoms with Gasteiger partial charge in [-0.1, -0.05) is 44.9 Å². The topological polar surface area (TPSA) is 92.2 Å². The zero-order valence-electron chi connectivity index (χ0n) is 23.9. The van der Waals surface area contributed by atoms with Crippen LogP contribution in [0.5, 0.6) is 0 Å². The Kier molecular flexibility index (Phi) is 9.80. The lowest BCUT2D eigenvalue weighted by Gasteiger charge is -2.12. The van der Waals surface area contributed by atoms with E-state index in [0.717, 1.165) is 36.1 Å². The Morgan fingerprint density at radius 3 is 2.21 bits per heavy atom. The first-order valence-corrected chi connectivity index (χ1v) is 14.2. The predicted octanol–water partition coefficient (Wildman–Crippen LogP) is 7.89. The van der Waals surface area contributed by atoms with E-state index in [1.54, 1.807) is 56.3 Å². The number of rotatable bonds is 10. The molecule has 3 N–H and O–H groups in total. The Bertz CT molecular complexity index is 1650. The molecule has 0 atom stereocenters. The number of aromatic nitrogens is 1. The van der Waals surface area contributed by atoms with Gasteiger partial charge >= 0.3 is 6.18 Å². The van der Waals surface area contributed by atoms with Crippen molar-refractivity contribution in [1.82, 2.24) is 9.88 Å². The summed E-state index contributed by atoms with van der Waals surface area (Å²) in [5.74, 6) is -1.18. The quantitative estimate of drug-likeness (QED) is 0.170. The number of carbonyl (C=O) groups excluding carboxylic acids is 3. The van der Waals surface area contributed by atoms with Gasteiger partial charge in [0.15, 0.2) is 0 Å². The number of carbonyl (C=O) groups is 3. The Morgan fingerprint density at radius 2 is 1.56 bits per heavy atom. The van der Waals surface area contributed by atoms with Crippen molar-refractivity contribution in [3.05, 3.63) is 94.1 Å². The molecule has 0 unspecified atom stereocenters. The van der Waals surface area contributed by atoms with E-state index in [0.29, 0.717) is 23.3 Å². The minimum Gasteiger partial charge on any atom is -0.352 e. The largest absolute Gasteiger partial charge is 0.416 e. The number of hydrogen-bond acceptors (Lipinski definition) is 3. The Labute approximate surface area is 252 Å². The van der Waals surface area contributed by atoms with E-state index in [9.17, 15) is 27.6 Å². The second-order valence-electron chi connectivity index (χ2n) is 10.5. The number of aryl methyl sites for hydroxylation is 1. The van der Waals surface area contributed by atoms with Gasteiger partial charge < -0.3 is 20.5 Å². The molecule has 0 saturated carbocycles. The average Bonchev–Trinajstić information content (AvgIpc) is 3.32. The van der Waals surface area contributed by atoms with E-state index >= 15 is 0 Å². The van der Waals surface area contributed by atoms with Gasteiger partial charge in [-0.2, -0.15) is 13.2 Å². The van der Waals surface area contributed by atoms with Gasteiger partial charge in [-0.25, -0.2) is 0 Å². The van der Waals surface area contributed by atoms with Gasteiger partial charge in [0, 0.05) is 41.3 Å². The molecule has 11 heteroatoms. The van der Waals surface area contributed by atoms with Crippen LogP contribution < -0.4 is 16.0 Å². The lowest BCUT2D eigenvalue weighted by atomic mass is 10.1. The van der Waals surface area contributed by atoms with Crippen LogP contribution in [0.15, 0.2) is 66.7 Å². The van der Waals surface area contributed by atoms with Crippen LogP contribution in [0.4, 0.5) is 24.5 Å². The van der Waals surface area contributed by atoms with Crippen LogP contribution in [0.3, 0.4) is 0 Å². The highest BCUT2D eigenvalue weighted by Gasteiger charge is 2.30. The second kappa shape index (κ2) is 13.3. The number of unbranched alkanes of at least 4 members (excludes halogenated alkanes) is 1. The van der Waals surface area contributed by atoms with Crippen LogP contribution in [0.25, 0.3) is 10.9 Å². The lowest BCUT2D eigenvalue weighted by molar-refractivity contribution is -0.137. The summed E-state index contributed by atoms with van der Waals surface area (Å²) in [6.45, 7) is 6.42. The molecule has 0 bridgehead atoms. The van der Waals surface area contributed by atoms with E-state index < -0.39 is 23.6 Å². The smallest absolute Gasteiger partial charge is 0.352 e. The molecule has 3 amide bonds. The second-order valence-corrected chi connectivity index (χ2v) is 10.9. The molecule has 0 saturated heterocycles. The average molecular weight is 613 g/mol. The van der Waals surface area contributed by atoms with E-state index in [1.807, 2.05) is 11.5 Å². The van der Waals surface area contributed by atoms with Gasteiger partial charge in [-0.3, -0.25) is 14.4 Å². The molecule has 4 aromatic rings. The first kappa shape index (κ1) is 31.6. The summed E-state index contributed by atoms with van der Waals surface area (Å²) in [5, 5.41) is 9.29. The van der Waals surface area contributed by atoms with Crippen LogP contribution in [-0.4, -0.2) is 22.3 Å². The highest BCUT2D eigenvalue weighted by atomic mass is 35.5. The number of hydrogen-bond donors (Lipinski definition) is 3. The molecule has 1 aromatic heterocycles. The van der Waals surface area contributed by atoms with Crippen molar-refractivity contribution in [1.29, 1.82) is 0 Å². The summed E-state index contributed by atoms with van der Waals surface area (Å²) in [6, 6.07) is 16.2. The van der Waals surface area contributed by atoms with Gasteiger partial charge in [0.05, 0.1) is 16.1 Å². The molecule has 0 spiro atoms. The maximum Gasteiger partial charge on any atom is 0.416 e. The molecule has 0 fully saturated rings. The fourth-order valence-corrected chi connectivity index (χ4v) is 4.68. The van der Waals surface area contributed by atoms with Crippen molar-refractivity contribution < 1.29 is 27.6 Å². The van der Waals surface area contributed by atoms with Crippen molar-refractivity contribution >= 4 is 51.6 Å². The minimum absolute atomic E-state index is 0.104. The van der Waals surface area contributed by atoms with E-state index in [2.05, 4.69) is 16.0 Å². The molecule has 0 aliphatic carbocycles. The molecular formula is C32H32ClF3N4O3. The van der Waals surface area contributed by atoms with Gasteiger partial charge in [0.25, 0.3) is 11.8 Å². The molecule has 3 aromatic carbocycles. The fourth-order valence-electron chi connectivity index (χ4n) is 4.48. The Morgan fingerprint density at radius 1 is 0.884 bits per heavy atom. The first-order valence-electron chi connectivity index (χ1n) is 13.9. The monoisotopic (exact) mass is 612 g/mol. The summed E-state index contributed by atoms with van der Waals surface area (Å²) < 4.78 is 40.6. The maximum atomic E-state index is 13.2. The number of alkyl halides is 3. The zero-order valence-corrected chi connectivity index (χ0v) is 24.7. The molecule has 43 heavy (non-hydrogen) atoms. The number of halogens is 4. The summed E-state index contributed by atoms with van der Waals surface area (Å²) in [6.07, 6.45) is -2.79. The molecule has 0 aliphatic rings. The highest BCUT2D eigenvalue weighted by Crippen LogP contribution is 2.30. The molecule has 7 nitrogen and oxygen atoms in total. The van der Waals surface area contributed by atoms with Crippen LogP contribution in [-0.2, 0) is 24.1 Å². The third-order valence-corrected chi connectivity index (χ3v) is 7.19. The summed E-state index contributed by atoms with van der Waals surface area (Å²) in [5.41, 5.74) is 1.99. The van der Waals surface area contributed by atoms with Gasteiger partial charge in [0.2, 0.25) is 5.91 Å². The predicted molar refractivity (Wildman–Crippen MR) is 162 cm³/mol. The van der Waals surface area contributed by atoms with Crippen molar-refractivity contribution in [2.24, 2.45) is 5.92 Å². The fraction of sp³-hybridized carbons (Fsp3) is 0.281. The molecule has 4 rings (SSSR count). The van der Waals surface area contributed by atoms with Crippen molar-refractivity contribution in [3.63, 3.8) is 0 Å².